The lowest BCUT2D eigenvalue weighted by molar-refractivity contribution is -0.142. The van der Waals surface area contributed by atoms with Crippen LogP contribution in [0.25, 0.3) is 0 Å². The first-order valence-corrected chi connectivity index (χ1v) is 8.21. The van der Waals surface area contributed by atoms with Crippen molar-refractivity contribution in [2.75, 3.05) is 6.54 Å². The minimum Gasteiger partial charge on any atom is -0.335 e. The molecule has 3 heteroatoms. The van der Waals surface area contributed by atoms with E-state index in [0.29, 0.717) is 18.5 Å². The summed E-state index contributed by atoms with van der Waals surface area (Å²) in [7, 11) is 0. The molecule has 0 radical (unpaired) electrons. The fraction of sp³-hybridized carbons (Fsp3) is 0.611. The minimum absolute atomic E-state index is 0.271. The van der Waals surface area contributed by atoms with Crippen molar-refractivity contribution >= 4 is 5.91 Å². The van der Waals surface area contributed by atoms with Crippen molar-refractivity contribution in [2.45, 2.75) is 58.0 Å². The van der Waals surface area contributed by atoms with Gasteiger partial charge in [0.2, 0.25) is 5.91 Å². The predicted molar refractivity (Wildman–Crippen MR) is 84.7 cm³/mol. The van der Waals surface area contributed by atoms with E-state index in [-0.39, 0.29) is 5.41 Å². The zero-order chi connectivity index (χ0) is 14.9. The molecular formula is C18H26N2O. The largest absolute Gasteiger partial charge is 0.335 e. The van der Waals surface area contributed by atoms with E-state index >= 15 is 0 Å². The normalized spacial score (nSPS) is 20.5. The van der Waals surface area contributed by atoms with Gasteiger partial charge in [-0.15, -0.1) is 0 Å². The SMILES string of the molecule is Cc1ccc(CN(C(=O)C2(CN)CCCC2)C2CC2)cc1. The van der Waals surface area contributed by atoms with E-state index in [1.54, 1.807) is 0 Å². The van der Waals surface area contributed by atoms with E-state index < -0.39 is 0 Å². The molecule has 2 aliphatic carbocycles. The lowest BCUT2D eigenvalue weighted by Gasteiger charge is -2.34. The molecule has 2 aliphatic rings. The van der Waals surface area contributed by atoms with Crippen molar-refractivity contribution in [2.24, 2.45) is 11.1 Å². The van der Waals surface area contributed by atoms with Crippen LogP contribution in [0.15, 0.2) is 24.3 Å². The van der Waals surface area contributed by atoms with Crippen LogP contribution < -0.4 is 5.73 Å². The summed E-state index contributed by atoms with van der Waals surface area (Å²) in [6.45, 7) is 3.34. The third-order valence-corrected chi connectivity index (χ3v) is 5.13. The van der Waals surface area contributed by atoms with Gasteiger partial charge in [0, 0.05) is 19.1 Å². The standard InChI is InChI=1S/C18H26N2O/c1-14-4-6-15(7-5-14)12-20(16-8-9-16)17(21)18(13-19)10-2-3-11-18/h4-7,16H,2-3,8-13,19H2,1H3. The Bertz CT molecular complexity index is 498. The van der Waals surface area contributed by atoms with Crippen LogP contribution in [0.5, 0.6) is 0 Å². The van der Waals surface area contributed by atoms with Crippen molar-refractivity contribution in [3.05, 3.63) is 35.4 Å². The van der Waals surface area contributed by atoms with Crippen molar-refractivity contribution in [1.29, 1.82) is 0 Å². The van der Waals surface area contributed by atoms with Gasteiger partial charge in [0.1, 0.15) is 0 Å². The summed E-state index contributed by atoms with van der Waals surface area (Å²) < 4.78 is 0. The van der Waals surface area contributed by atoms with Gasteiger partial charge < -0.3 is 10.6 Å². The number of amides is 1. The molecule has 2 fully saturated rings. The van der Waals surface area contributed by atoms with E-state index in [4.69, 9.17) is 5.73 Å². The molecule has 0 atom stereocenters. The number of carbonyl (C=O) groups excluding carboxylic acids is 1. The van der Waals surface area contributed by atoms with Gasteiger partial charge in [-0.3, -0.25) is 4.79 Å². The van der Waals surface area contributed by atoms with Gasteiger partial charge in [0.05, 0.1) is 5.41 Å². The molecule has 21 heavy (non-hydrogen) atoms. The van der Waals surface area contributed by atoms with Crippen LogP contribution in [-0.2, 0) is 11.3 Å². The monoisotopic (exact) mass is 286 g/mol. The van der Waals surface area contributed by atoms with Crippen LogP contribution in [0.2, 0.25) is 0 Å². The lowest BCUT2D eigenvalue weighted by Crippen LogP contribution is -2.47. The molecule has 0 unspecified atom stereocenters. The van der Waals surface area contributed by atoms with Gasteiger partial charge in [0.25, 0.3) is 0 Å². The summed E-state index contributed by atoms with van der Waals surface area (Å²) in [5.74, 6) is 0.311. The molecule has 114 valence electrons. The fourth-order valence-electron chi connectivity index (χ4n) is 3.50. The molecular weight excluding hydrogens is 260 g/mol. The fourth-order valence-corrected chi connectivity index (χ4v) is 3.50. The molecule has 2 N–H and O–H groups in total. The Labute approximate surface area is 127 Å². The Hall–Kier alpha value is -1.35. The van der Waals surface area contributed by atoms with Crippen molar-refractivity contribution in [3.63, 3.8) is 0 Å². The number of hydrogen-bond acceptors (Lipinski definition) is 2. The van der Waals surface area contributed by atoms with Crippen molar-refractivity contribution in [3.8, 4) is 0 Å². The highest BCUT2D eigenvalue weighted by atomic mass is 16.2. The van der Waals surface area contributed by atoms with Crippen LogP contribution in [0.1, 0.15) is 49.7 Å². The topological polar surface area (TPSA) is 46.3 Å². The molecule has 3 rings (SSSR count). The maximum atomic E-state index is 13.1. The maximum Gasteiger partial charge on any atom is 0.230 e. The first-order chi connectivity index (χ1) is 10.1. The van der Waals surface area contributed by atoms with Gasteiger partial charge >= 0.3 is 0 Å². The summed E-state index contributed by atoms with van der Waals surface area (Å²) in [6.07, 6.45) is 6.54. The van der Waals surface area contributed by atoms with Gasteiger partial charge in [-0.1, -0.05) is 42.7 Å². The molecule has 0 aromatic heterocycles. The molecule has 3 nitrogen and oxygen atoms in total. The number of aryl methyl sites for hydroxylation is 1. The highest BCUT2D eigenvalue weighted by molar-refractivity contribution is 5.84. The number of carbonyl (C=O) groups is 1. The second-order valence-corrected chi connectivity index (χ2v) is 6.84. The Kier molecular flexibility index (Phi) is 4.03. The molecule has 2 saturated carbocycles. The third-order valence-electron chi connectivity index (χ3n) is 5.13. The molecule has 0 spiro atoms. The van der Waals surface area contributed by atoms with E-state index in [2.05, 4.69) is 36.1 Å². The summed E-state index contributed by atoms with van der Waals surface area (Å²) in [5, 5.41) is 0. The number of nitrogens with zero attached hydrogens (tertiary/aromatic N) is 1. The summed E-state index contributed by atoms with van der Waals surface area (Å²) >= 11 is 0. The predicted octanol–water partition coefficient (Wildman–Crippen LogP) is 3.01. The molecule has 1 aromatic carbocycles. The second kappa shape index (κ2) is 5.80. The molecule has 0 saturated heterocycles. The number of nitrogens with two attached hydrogens (primary N) is 1. The van der Waals surface area contributed by atoms with E-state index in [1.165, 1.54) is 11.1 Å². The van der Waals surface area contributed by atoms with Gasteiger partial charge in [-0.05, 0) is 38.2 Å². The summed E-state index contributed by atoms with van der Waals surface area (Å²) in [4.78, 5) is 15.2. The minimum atomic E-state index is -0.271. The Morgan fingerprint density at radius 3 is 2.38 bits per heavy atom. The van der Waals surface area contributed by atoms with E-state index in [9.17, 15) is 4.79 Å². The summed E-state index contributed by atoms with van der Waals surface area (Å²) in [5.41, 5.74) is 8.21. The van der Waals surface area contributed by atoms with Crippen molar-refractivity contribution < 1.29 is 4.79 Å². The Morgan fingerprint density at radius 1 is 1.24 bits per heavy atom. The zero-order valence-electron chi connectivity index (χ0n) is 13.0. The van der Waals surface area contributed by atoms with E-state index in [0.717, 1.165) is 45.1 Å². The lowest BCUT2D eigenvalue weighted by atomic mass is 9.84. The van der Waals surface area contributed by atoms with Crippen LogP contribution in [0.3, 0.4) is 0 Å². The molecule has 1 aromatic rings. The van der Waals surface area contributed by atoms with Crippen LogP contribution in [0.4, 0.5) is 0 Å². The van der Waals surface area contributed by atoms with Crippen LogP contribution in [0, 0.1) is 12.3 Å². The summed E-state index contributed by atoms with van der Waals surface area (Å²) in [6, 6.07) is 8.98. The first-order valence-electron chi connectivity index (χ1n) is 8.21. The molecule has 0 bridgehead atoms. The molecule has 1 amide bonds. The average Bonchev–Trinajstić information content (AvgIpc) is 3.22. The maximum absolute atomic E-state index is 13.1. The number of benzene rings is 1. The highest BCUT2D eigenvalue weighted by Gasteiger charge is 2.45. The number of hydrogen-bond donors (Lipinski definition) is 1. The second-order valence-electron chi connectivity index (χ2n) is 6.84. The van der Waals surface area contributed by atoms with Crippen LogP contribution >= 0.6 is 0 Å². The Balaban J connectivity index is 1.78. The molecule has 0 heterocycles. The van der Waals surface area contributed by atoms with Crippen molar-refractivity contribution in [1.82, 2.24) is 4.90 Å². The zero-order valence-corrected chi connectivity index (χ0v) is 13.0. The van der Waals surface area contributed by atoms with Gasteiger partial charge in [-0.2, -0.15) is 0 Å². The smallest absolute Gasteiger partial charge is 0.230 e. The quantitative estimate of drug-likeness (QED) is 0.904. The molecule has 0 aliphatic heterocycles. The first kappa shape index (κ1) is 14.6. The van der Waals surface area contributed by atoms with Crippen LogP contribution in [-0.4, -0.2) is 23.4 Å². The third kappa shape index (κ3) is 2.98. The highest BCUT2D eigenvalue weighted by Crippen LogP contribution is 2.41. The van der Waals surface area contributed by atoms with Gasteiger partial charge in [-0.25, -0.2) is 0 Å². The van der Waals surface area contributed by atoms with E-state index in [1.807, 2.05) is 0 Å². The average molecular weight is 286 g/mol. The Morgan fingerprint density at radius 2 is 1.86 bits per heavy atom. The number of rotatable bonds is 5. The van der Waals surface area contributed by atoms with Gasteiger partial charge in [0.15, 0.2) is 0 Å².